The zero-order chi connectivity index (χ0) is 25.7. The molecule has 0 saturated carbocycles. The molecule has 1 aliphatic rings. The van der Waals surface area contributed by atoms with Crippen molar-refractivity contribution in [1.29, 1.82) is 0 Å². The molecule has 0 aromatic rings. The second-order valence-electron chi connectivity index (χ2n) is 12.1. The third-order valence-corrected chi connectivity index (χ3v) is 6.69. The molecule has 3 amide bonds. The van der Waals surface area contributed by atoms with Gasteiger partial charge in [-0.05, 0) is 73.6 Å². The number of likely N-dealkylation sites (tertiary alicyclic amines) is 1. The molecule has 0 radical (unpaired) electrons. The van der Waals surface area contributed by atoms with Crippen molar-refractivity contribution < 1.29 is 23.9 Å². The summed E-state index contributed by atoms with van der Waals surface area (Å²) >= 11 is 0. The van der Waals surface area contributed by atoms with Crippen LogP contribution in [0, 0.1) is 11.3 Å². The lowest BCUT2D eigenvalue weighted by Gasteiger charge is -2.35. The number of hydrogen-bond acceptors (Lipinski definition) is 5. The number of hydrogen-bond donors (Lipinski definition) is 1. The molecule has 1 unspecified atom stereocenters. The average Bonchev–Trinajstić information content (AvgIpc) is 2.98. The Balaban J connectivity index is 2.53. The predicted octanol–water partition coefficient (Wildman–Crippen LogP) is 4.42. The number of carbonyl (C=O) groups excluding carboxylic acids is 4. The van der Waals surface area contributed by atoms with E-state index in [1.165, 1.54) is 4.90 Å². The lowest BCUT2D eigenvalue weighted by Crippen LogP contribution is -2.49. The lowest BCUT2D eigenvalue weighted by atomic mass is 9.90. The molecule has 0 bridgehead atoms. The fourth-order valence-corrected chi connectivity index (χ4v) is 4.02. The molecule has 0 spiro atoms. The van der Waals surface area contributed by atoms with Crippen LogP contribution in [0.1, 0.15) is 107 Å². The highest BCUT2D eigenvalue weighted by Gasteiger charge is 2.45. The molecule has 0 aliphatic carbocycles. The van der Waals surface area contributed by atoms with Crippen LogP contribution in [0.2, 0.25) is 0 Å². The van der Waals surface area contributed by atoms with Gasteiger partial charge in [-0.3, -0.25) is 19.3 Å². The maximum atomic E-state index is 12.7. The SMILES string of the molecule is CCC1CC(=O)N(C(C)(C)CCC(=O)NC(C)(C)CCC(C)(C)OCCC(C)(C)C=O)C1=O. The molecule has 1 N–H and O–H groups in total. The van der Waals surface area contributed by atoms with Gasteiger partial charge in [0.1, 0.15) is 6.29 Å². The minimum absolute atomic E-state index is 0.0920. The van der Waals surface area contributed by atoms with E-state index in [9.17, 15) is 19.2 Å². The van der Waals surface area contributed by atoms with Crippen molar-refractivity contribution in [3.8, 4) is 0 Å². The van der Waals surface area contributed by atoms with E-state index >= 15 is 0 Å². The first kappa shape index (κ1) is 29.3. The van der Waals surface area contributed by atoms with Crippen molar-refractivity contribution >= 4 is 24.0 Å². The van der Waals surface area contributed by atoms with Gasteiger partial charge >= 0.3 is 0 Å². The van der Waals surface area contributed by atoms with E-state index in [-0.39, 0.29) is 42.1 Å². The number of ether oxygens (including phenoxy) is 1. The lowest BCUT2D eigenvalue weighted by molar-refractivity contribution is -0.146. The van der Waals surface area contributed by atoms with Gasteiger partial charge in [0.05, 0.1) is 5.60 Å². The summed E-state index contributed by atoms with van der Waals surface area (Å²) in [5, 5.41) is 3.09. The van der Waals surface area contributed by atoms with E-state index in [0.717, 1.165) is 19.1 Å². The molecule has 1 fully saturated rings. The average molecular weight is 467 g/mol. The fourth-order valence-electron chi connectivity index (χ4n) is 4.02. The van der Waals surface area contributed by atoms with E-state index in [1.807, 2.05) is 62.3 Å². The number of amides is 3. The molecule has 1 heterocycles. The first-order valence-corrected chi connectivity index (χ1v) is 12.2. The van der Waals surface area contributed by atoms with Crippen molar-refractivity contribution in [1.82, 2.24) is 10.2 Å². The standard InChI is InChI=1S/C26H46N2O5/c1-10-19-17-21(31)28(22(19)32)25(6,7)12-11-20(30)27-24(4,5)13-14-26(8,9)33-16-15-23(2,3)18-29/h18-19H,10-17H2,1-9H3,(H,27,30). The van der Waals surface area contributed by atoms with Crippen LogP contribution in [0.4, 0.5) is 0 Å². The van der Waals surface area contributed by atoms with Crippen molar-refractivity contribution in [3.63, 3.8) is 0 Å². The van der Waals surface area contributed by atoms with Gasteiger partial charge < -0.3 is 14.8 Å². The molecular formula is C26H46N2O5. The topological polar surface area (TPSA) is 92.8 Å². The third-order valence-electron chi connectivity index (χ3n) is 6.69. The number of nitrogens with zero attached hydrogens (tertiary/aromatic N) is 1. The monoisotopic (exact) mass is 466 g/mol. The highest BCUT2D eigenvalue weighted by molar-refractivity contribution is 6.04. The molecule has 0 aromatic carbocycles. The second-order valence-corrected chi connectivity index (χ2v) is 12.1. The summed E-state index contributed by atoms with van der Waals surface area (Å²) in [5.74, 6) is -0.589. The first-order valence-electron chi connectivity index (χ1n) is 12.2. The van der Waals surface area contributed by atoms with Crippen LogP contribution in [0.15, 0.2) is 0 Å². The summed E-state index contributed by atoms with van der Waals surface area (Å²) in [6.45, 7) is 17.9. The van der Waals surface area contributed by atoms with Crippen molar-refractivity contribution in [3.05, 3.63) is 0 Å². The van der Waals surface area contributed by atoms with Crippen LogP contribution in [0.5, 0.6) is 0 Å². The predicted molar refractivity (Wildman–Crippen MR) is 130 cm³/mol. The van der Waals surface area contributed by atoms with Crippen LogP contribution in [0.3, 0.4) is 0 Å². The summed E-state index contributed by atoms with van der Waals surface area (Å²) in [4.78, 5) is 50.1. The van der Waals surface area contributed by atoms with Crippen LogP contribution in [-0.2, 0) is 23.9 Å². The number of imide groups is 1. The largest absolute Gasteiger partial charge is 0.376 e. The highest BCUT2D eigenvalue weighted by Crippen LogP contribution is 2.32. The summed E-state index contributed by atoms with van der Waals surface area (Å²) in [7, 11) is 0. The van der Waals surface area contributed by atoms with E-state index < -0.39 is 16.5 Å². The van der Waals surface area contributed by atoms with Crippen LogP contribution >= 0.6 is 0 Å². The van der Waals surface area contributed by atoms with Gasteiger partial charge in [-0.2, -0.15) is 0 Å². The quantitative estimate of drug-likeness (QED) is 0.302. The third kappa shape index (κ3) is 9.19. The maximum absolute atomic E-state index is 12.7. The Bertz CT molecular complexity index is 724. The van der Waals surface area contributed by atoms with Crippen molar-refractivity contribution in [2.24, 2.45) is 11.3 Å². The van der Waals surface area contributed by atoms with Crippen molar-refractivity contribution in [2.45, 2.75) is 124 Å². The van der Waals surface area contributed by atoms with Crippen LogP contribution in [0.25, 0.3) is 0 Å². The van der Waals surface area contributed by atoms with E-state index in [0.29, 0.717) is 25.9 Å². The summed E-state index contributed by atoms with van der Waals surface area (Å²) in [6, 6.07) is 0. The Labute approximate surface area is 200 Å². The molecule has 190 valence electrons. The van der Waals surface area contributed by atoms with Gasteiger partial charge in [0, 0.05) is 41.9 Å². The Morgan fingerprint density at radius 2 is 1.64 bits per heavy atom. The number of carbonyl (C=O) groups is 4. The summed E-state index contributed by atoms with van der Waals surface area (Å²) in [5.41, 5.74) is -1.87. The second kappa shape index (κ2) is 11.1. The van der Waals surface area contributed by atoms with Crippen LogP contribution in [-0.4, -0.2) is 52.2 Å². The zero-order valence-corrected chi connectivity index (χ0v) is 22.3. The zero-order valence-electron chi connectivity index (χ0n) is 22.3. The Morgan fingerprint density at radius 3 is 2.15 bits per heavy atom. The molecule has 1 saturated heterocycles. The van der Waals surface area contributed by atoms with Gasteiger partial charge in [-0.25, -0.2) is 0 Å². The molecule has 7 heteroatoms. The van der Waals surface area contributed by atoms with Crippen molar-refractivity contribution in [2.75, 3.05) is 6.61 Å². The molecule has 1 aliphatic heterocycles. The normalized spacial score (nSPS) is 18.1. The number of rotatable bonds is 14. The Hall–Kier alpha value is -1.76. The van der Waals surface area contributed by atoms with Crippen LogP contribution < -0.4 is 5.32 Å². The molecule has 7 nitrogen and oxygen atoms in total. The maximum Gasteiger partial charge on any atom is 0.233 e. The number of aldehydes is 1. The molecular weight excluding hydrogens is 420 g/mol. The fraction of sp³-hybridized carbons (Fsp3) is 0.846. The smallest absolute Gasteiger partial charge is 0.233 e. The number of nitrogens with one attached hydrogen (secondary N) is 1. The minimum atomic E-state index is -0.690. The van der Waals surface area contributed by atoms with Gasteiger partial charge in [0.2, 0.25) is 17.7 Å². The van der Waals surface area contributed by atoms with E-state index in [2.05, 4.69) is 5.32 Å². The summed E-state index contributed by atoms with van der Waals surface area (Å²) in [6.07, 6.45) is 4.69. The molecule has 1 atom stereocenters. The minimum Gasteiger partial charge on any atom is -0.376 e. The molecule has 33 heavy (non-hydrogen) atoms. The van der Waals surface area contributed by atoms with Gasteiger partial charge in [-0.15, -0.1) is 0 Å². The van der Waals surface area contributed by atoms with E-state index in [4.69, 9.17) is 4.74 Å². The highest BCUT2D eigenvalue weighted by atomic mass is 16.5. The first-order chi connectivity index (χ1) is 15.0. The Morgan fingerprint density at radius 1 is 1.03 bits per heavy atom. The molecule has 0 aromatic heterocycles. The van der Waals surface area contributed by atoms with Gasteiger partial charge in [0.25, 0.3) is 0 Å². The molecule has 1 rings (SSSR count). The van der Waals surface area contributed by atoms with E-state index in [1.54, 1.807) is 0 Å². The van der Waals surface area contributed by atoms with Gasteiger partial charge in [-0.1, -0.05) is 20.8 Å². The van der Waals surface area contributed by atoms with Gasteiger partial charge in [0.15, 0.2) is 0 Å². The Kier molecular flexibility index (Phi) is 9.86. The summed E-state index contributed by atoms with van der Waals surface area (Å²) < 4.78 is 6.01.